The molecule has 142 valence electrons. The zero-order valence-electron chi connectivity index (χ0n) is 15.9. The number of nitrogens with one attached hydrogen (secondary N) is 2. The molecule has 2 amide bonds. The van der Waals surface area contributed by atoms with E-state index in [1.807, 2.05) is 24.3 Å². The van der Waals surface area contributed by atoms with Crippen LogP contribution in [-0.2, 0) is 6.54 Å². The van der Waals surface area contributed by atoms with Crippen LogP contribution < -0.4 is 15.5 Å². The minimum atomic E-state index is -0.174. The Labute approximate surface area is 160 Å². The molecular formula is C21H26N4O2. The molecule has 1 aliphatic heterocycles. The van der Waals surface area contributed by atoms with Crippen molar-refractivity contribution in [2.75, 3.05) is 25.0 Å². The number of aromatic nitrogens is 1. The summed E-state index contributed by atoms with van der Waals surface area (Å²) in [4.78, 5) is 30.8. The lowest BCUT2D eigenvalue weighted by atomic mass is 9.99. The molecule has 0 spiro atoms. The van der Waals surface area contributed by atoms with Crippen molar-refractivity contribution in [3.63, 3.8) is 0 Å². The number of hydrogen-bond donors (Lipinski definition) is 2. The summed E-state index contributed by atoms with van der Waals surface area (Å²) in [5.41, 5.74) is 1.98. The molecule has 0 radical (unpaired) electrons. The largest absolute Gasteiger partial charge is 0.357 e. The van der Waals surface area contributed by atoms with Gasteiger partial charge in [-0.25, -0.2) is 4.98 Å². The Balaban J connectivity index is 1.57. The van der Waals surface area contributed by atoms with E-state index < -0.39 is 0 Å². The lowest BCUT2D eigenvalue weighted by Gasteiger charge is -2.31. The van der Waals surface area contributed by atoms with Gasteiger partial charge in [0.1, 0.15) is 5.82 Å². The number of carbonyl (C=O) groups excluding carboxylic acids is 2. The van der Waals surface area contributed by atoms with E-state index in [1.54, 1.807) is 25.4 Å². The molecule has 1 aliphatic rings. The van der Waals surface area contributed by atoms with Gasteiger partial charge >= 0.3 is 0 Å². The maximum absolute atomic E-state index is 12.4. The molecule has 1 fully saturated rings. The standard InChI is InChI=1S/C21H26N4O2/c1-15-8-10-25(11-9-15)19-7-6-18(14-23-19)21(27)24-13-16-4-3-5-17(12-16)20(26)22-2/h3-7,12,14-15H,8-11,13H2,1-2H3,(H,22,26)(H,24,27). The second-order valence-electron chi connectivity index (χ2n) is 7.04. The van der Waals surface area contributed by atoms with Crippen LogP contribution >= 0.6 is 0 Å². The number of amides is 2. The van der Waals surface area contributed by atoms with Crippen LogP contribution in [0.1, 0.15) is 46.0 Å². The number of piperidine rings is 1. The van der Waals surface area contributed by atoms with Crippen molar-refractivity contribution in [2.24, 2.45) is 5.92 Å². The molecule has 0 atom stereocenters. The van der Waals surface area contributed by atoms with Gasteiger partial charge < -0.3 is 15.5 Å². The van der Waals surface area contributed by atoms with Crippen molar-refractivity contribution in [2.45, 2.75) is 26.3 Å². The first kappa shape index (κ1) is 18.9. The molecule has 0 saturated carbocycles. The van der Waals surface area contributed by atoms with Crippen LogP contribution in [0, 0.1) is 5.92 Å². The number of carbonyl (C=O) groups is 2. The Morgan fingerprint density at radius 3 is 2.56 bits per heavy atom. The molecule has 6 nitrogen and oxygen atoms in total. The molecule has 0 unspecified atom stereocenters. The summed E-state index contributed by atoms with van der Waals surface area (Å²) in [5, 5.41) is 5.48. The van der Waals surface area contributed by atoms with Crippen LogP contribution in [0.2, 0.25) is 0 Å². The predicted octanol–water partition coefficient (Wildman–Crippen LogP) is 2.61. The molecule has 1 aromatic heterocycles. The highest BCUT2D eigenvalue weighted by atomic mass is 16.2. The second kappa shape index (κ2) is 8.66. The molecule has 2 N–H and O–H groups in total. The van der Waals surface area contributed by atoms with Gasteiger partial charge in [-0.05, 0) is 48.6 Å². The number of benzene rings is 1. The molecule has 0 bridgehead atoms. The van der Waals surface area contributed by atoms with Gasteiger partial charge in [0.05, 0.1) is 5.56 Å². The smallest absolute Gasteiger partial charge is 0.253 e. The zero-order chi connectivity index (χ0) is 19.2. The number of anilines is 1. The van der Waals surface area contributed by atoms with Crippen molar-refractivity contribution in [3.8, 4) is 0 Å². The highest BCUT2D eigenvalue weighted by Gasteiger charge is 2.17. The molecule has 1 saturated heterocycles. The highest BCUT2D eigenvalue weighted by Crippen LogP contribution is 2.21. The van der Waals surface area contributed by atoms with Gasteiger partial charge in [0.2, 0.25) is 0 Å². The average Bonchev–Trinajstić information content (AvgIpc) is 2.72. The first-order valence-electron chi connectivity index (χ1n) is 9.37. The van der Waals surface area contributed by atoms with Crippen LogP contribution in [0.5, 0.6) is 0 Å². The monoisotopic (exact) mass is 366 g/mol. The molecular weight excluding hydrogens is 340 g/mol. The van der Waals surface area contributed by atoms with E-state index in [-0.39, 0.29) is 11.8 Å². The topological polar surface area (TPSA) is 74.3 Å². The van der Waals surface area contributed by atoms with Gasteiger partial charge in [-0.3, -0.25) is 9.59 Å². The quantitative estimate of drug-likeness (QED) is 0.853. The van der Waals surface area contributed by atoms with E-state index in [4.69, 9.17) is 0 Å². The minimum absolute atomic E-state index is 0.143. The fraction of sp³-hybridized carbons (Fsp3) is 0.381. The Hall–Kier alpha value is -2.89. The fourth-order valence-corrected chi connectivity index (χ4v) is 3.20. The maximum atomic E-state index is 12.4. The summed E-state index contributed by atoms with van der Waals surface area (Å²) in [6.45, 7) is 4.67. The third-order valence-corrected chi connectivity index (χ3v) is 4.99. The number of pyridine rings is 1. The van der Waals surface area contributed by atoms with Gasteiger partial charge in [-0.2, -0.15) is 0 Å². The van der Waals surface area contributed by atoms with Crippen LogP contribution in [-0.4, -0.2) is 36.9 Å². The van der Waals surface area contributed by atoms with Crippen molar-refractivity contribution >= 4 is 17.6 Å². The third kappa shape index (κ3) is 4.84. The zero-order valence-corrected chi connectivity index (χ0v) is 15.9. The van der Waals surface area contributed by atoms with E-state index >= 15 is 0 Å². The maximum Gasteiger partial charge on any atom is 0.253 e. The van der Waals surface area contributed by atoms with Gasteiger partial charge in [-0.1, -0.05) is 19.1 Å². The lowest BCUT2D eigenvalue weighted by Crippen LogP contribution is -2.33. The molecule has 2 heterocycles. The Kier molecular flexibility index (Phi) is 6.06. The molecule has 3 rings (SSSR count). The van der Waals surface area contributed by atoms with Crippen molar-refractivity contribution in [1.82, 2.24) is 15.6 Å². The second-order valence-corrected chi connectivity index (χ2v) is 7.04. The van der Waals surface area contributed by atoms with Crippen molar-refractivity contribution in [3.05, 3.63) is 59.3 Å². The van der Waals surface area contributed by atoms with Crippen LogP contribution in [0.4, 0.5) is 5.82 Å². The van der Waals surface area contributed by atoms with Gasteiger partial charge in [0.15, 0.2) is 0 Å². The fourth-order valence-electron chi connectivity index (χ4n) is 3.20. The third-order valence-electron chi connectivity index (χ3n) is 4.99. The Morgan fingerprint density at radius 2 is 1.89 bits per heavy atom. The first-order valence-corrected chi connectivity index (χ1v) is 9.37. The van der Waals surface area contributed by atoms with Crippen LogP contribution in [0.3, 0.4) is 0 Å². The van der Waals surface area contributed by atoms with Gasteiger partial charge in [0, 0.05) is 38.4 Å². The number of nitrogens with zero attached hydrogens (tertiary/aromatic N) is 2. The molecule has 1 aromatic carbocycles. The summed E-state index contributed by atoms with van der Waals surface area (Å²) >= 11 is 0. The predicted molar refractivity (Wildman–Crippen MR) is 106 cm³/mol. The van der Waals surface area contributed by atoms with E-state index in [2.05, 4.69) is 27.4 Å². The van der Waals surface area contributed by atoms with E-state index in [0.717, 1.165) is 30.4 Å². The molecule has 6 heteroatoms. The van der Waals surface area contributed by atoms with Gasteiger partial charge in [0.25, 0.3) is 11.8 Å². The summed E-state index contributed by atoms with van der Waals surface area (Å²) in [6.07, 6.45) is 3.99. The Bertz CT molecular complexity index is 796. The summed E-state index contributed by atoms with van der Waals surface area (Å²) in [5.74, 6) is 1.38. The van der Waals surface area contributed by atoms with Crippen LogP contribution in [0.25, 0.3) is 0 Å². The average molecular weight is 366 g/mol. The number of hydrogen-bond acceptors (Lipinski definition) is 4. The van der Waals surface area contributed by atoms with Crippen molar-refractivity contribution < 1.29 is 9.59 Å². The minimum Gasteiger partial charge on any atom is -0.357 e. The summed E-state index contributed by atoms with van der Waals surface area (Å²) < 4.78 is 0. The van der Waals surface area contributed by atoms with Crippen LogP contribution in [0.15, 0.2) is 42.6 Å². The molecule has 2 aromatic rings. The van der Waals surface area contributed by atoms with E-state index in [0.29, 0.717) is 17.7 Å². The van der Waals surface area contributed by atoms with Crippen molar-refractivity contribution in [1.29, 1.82) is 0 Å². The molecule has 27 heavy (non-hydrogen) atoms. The lowest BCUT2D eigenvalue weighted by molar-refractivity contribution is 0.0948. The van der Waals surface area contributed by atoms with Gasteiger partial charge in [-0.15, -0.1) is 0 Å². The highest BCUT2D eigenvalue weighted by molar-refractivity contribution is 5.95. The molecule has 0 aliphatic carbocycles. The SMILES string of the molecule is CNC(=O)c1cccc(CNC(=O)c2ccc(N3CCC(C)CC3)nc2)c1. The first-order chi connectivity index (χ1) is 13.1. The van der Waals surface area contributed by atoms with E-state index in [1.165, 1.54) is 12.8 Å². The Morgan fingerprint density at radius 1 is 1.11 bits per heavy atom. The summed E-state index contributed by atoms with van der Waals surface area (Å²) in [6, 6.07) is 10.9. The summed E-state index contributed by atoms with van der Waals surface area (Å²) in [7, 11) is 1.60. The normalized spacial score (nSPS) is 14.7. The van der Waals surface area contributed by atoms with E-state index in [9.17, 15) is 9.59 Å². The number of rotatable bonds is 5.